The second kappa shape index (κ2) is 9.70. The third kappa shape index (κ3) is 5.34. The van der Waals surface area contributed by atoms with Crippen LogP contribution >= 0.6 is 0 Å². The SMILES string of the molecule is CC(C)(C)OC(=O)N1CCN(CC(=O)Nc2cc3c4c(c(-c5ccccc5)[nH]c4c2)C=NNC3=O)CC1. The molecule has 1 fully saturated rings. The number of aromatic nitrogens is 1. The first-order chi connectivity index (χ1) is 17.7. The summed E-state index contributed by atoms with van der Waals surface area (Å²) in [5.41, 5.74) is 6.32. The van der Waals surface area contributed by atoms with Crippen molar-refractivity contribution in [2.24, 2.45) is 5.10 Å². The molecule has 0 radical (unpaired) electrons. The Morgan fingerprint density at radius 3 is 2.51 bits per heavy atom. The van der Waals surface area contributed by atoms with Crippen LogP contribution in [0, 0.1) is 0 Å². The Bertz CT molecular complexity index is 1380. The molecule has 2 aromatic carbocycles. The highest BCUT2D eigenvalue weighted by molar-refractivity contribution is 6.18. The topological polar surface area (TPSA) is 119 Å². The van der Waals surface area contributed by atoms with Crippen LogP contribution in [0.5, 0.6) is 0 Å². The average Bonchev–Trinajstić information content (AvgIpc) is 3.12. The van der Waals surface area contributed by atoms with Gasteiger partial charge in [0.2, 0.25) is 5.91 Å². The monoisotopic (exact) mass is 502 g/mol. The summed E-state index contributed by atoms with van der Waals surface area (Å²) in [6, 6.07) is 13.3. The maximum absolute atomic E-state index is 12.9. The molecule has 192 valence electrons. The van der Waals surface area contributed by atoms with Crippen LogP contribution in [0.25, 0.3) is 22.2 Å². The molecule has 3 aromatic rings. The number of carbonyl (C=O) groups is 3. The van der Waals surface area contributed by atoms with Crippen LogP contribution in [-0.4, -0.2) is 77.2 Å². The fraction of sp³-hybridized carbons (Fsp3) is 0.333. The number of nitrogens with zero attached hydrogens (tertiary/aromatic N) is 3. The van der Waals surface area contributed by atoms with Gasteiger partial charge in [-0.05, 0) is 38.5 Å². The molecule has 10 nitrogen and oxygen atoms in total. The maximum atomic E-state index is 12.9. The predicted octanol–water partition coefficient (Wildman–Crippen LogP) is 3.40. The largest absolute Gasteiger partial charge is 0.444 e. The van der Waals surface area contributed by atoms with Crippen LogP contribution < -0.4 is 10.7 Å². The molecule has 5 rings (SSSR count). The van der Waals surface area contributed by atoms with Gasteiger partial charge in [-0.2, -0.15) is 5.10 Å². The number of piperazine rings is 1. The highest BCUT2D eigenvalue weighted by Crippen LogP contribution is 2.34. The molecule has 1 aromatic heterocycles. The van der Waals surface area contributed by atoms with E-state index in [1.807, 2.05) is 62.1 Å². The summed E-state index contributed by atoms with van der Waals surface area (Å²) in [6.45, 7) is 7.81. The number of nitrogens with one attached hydrogen (secondary N) is 3. The second-order valence-electron chi connectivity index (χ2n) is 10.2. The average molecular weight is 503 g/mol. The number of H-pyrrole nitrogens is 1. The number of carbonyl (C=O) groups excluding carboxylic acids is 3. The van der Waals surface area contributed by atoms with Crippen LogP contribution in [-0.2, 0) is 9.53 Å². The summed E-state index contributed by atoms with van der Waals surface area (Å²) in [4.78, 5) is 45.0. The standard InChI is InChI=1S/C27H30N6O4/c1-27(2,3)37-26(36)33-11-9-32(10-12-33)16-22(34)29-18-13-19-23-20(15-28-31-25(19)35)24(30-21(23)14-18)17-7-5-4-6-8-17/h4-8,13-15,30H,9-12,16H2,1-3H3,(H,29,34)(H,31,35). The highest BCUT2D eigenvalue weighted by atomic mass is 16.6. The lowest BCUT2D eigenvalue weighted by Crippen LogP contribution is -2.51. The minimum atomic E-state index is -0.543. The van der Waals surface area contributed by atoms with E-state index >= 15 is 0 Å². The van der Waals surface area contributed by atoms with Gasteiger partial charge in [0.25, 0.3) is 5.91 Å². The van der Waals surface area contributed by atoms with E-state index in [-0.39, 0.29) is 24.5 Å². The molecule has 3 N–H and O–H groups in total. The lowest BCUT2D eigenvalue weighted by molar-refractivity contribution is -0.117. The van der Waals surface area contributed by atoms with E-state index in [2.05, 4.69) is 20.8 Å². The Hall–Kier alpha value is -4.18. The van der Waals surface area contributed by atoms with Crippen molar-refractivity contribution in [3.8, 4) is 11.3 Å². The van der Waals surface area contributed by atoms with E-state index in [9.17, 15) is 14.4 Å². The summed E-state index contributed by atoms with van der Waals surface area (Å²) in [5, 5.41) is 7.77. The molecule has 3 amide bonds. The first-order valence-corrected chi connectivity index (χ1v) is 12.3. The van der Waals surface area contributed by atoms with Crippen molar-refractivity contribution in [2.45, 2.75) is 26.4 Å². The Balaban J connectivity index is 1.30. The van der Waals surface area contributed by atoms with Gasteiger partial charge in [-0.15, -0.1) is 0 Å². The Labute approximate surface area is 214 Å². The molecule has 3 heterocycles. The van der Waals surface area contributed by atoms with E-state index in [1.54, 1.807) is 17.2 Å². The van der Waals surface area contributed by atoms with Gasteiger partial charge in [0, 0.05) is 48.3 Å². The number of anilines is 1. The zero-order valence-corrected chi connectivity index (χ0v) is 21.1. The van der Waals surface area contributed by atoms with E-state index < -0.39 is 5.60 Å². The number of benzene rings is 2. The first-order valence-electron chi connectivity index (χ1n) is 12.3. The van der Waals surface area contributed by atoms with E-state index in [4.69, 9.17) is 4.74 Å². The van der Waals surface area contributed by atoms with E-state index in [0.717, 1.165) is 27.7 Å². The maximum Gasteiger partial charge on any atom is 0.410 e. The minimum absolute atomic E-state index is 0.177. The zero-order valence-electron chi connectivity index (χ0n) is 21.1. The van der Waals surface area contributed by atoms with Crippen LogP contribution in [0.1, 0.15) is 36.7 Å². The Morgan fingerprint density at radius 1 is 1.08 bits per heavy atom. The third-order valence-corrected chi connectivity index (χ3v) is 6.28. The lowest BCUT2D eigenvalue weighted by Gasteiger charge is -2.35. The van der Waals surface area contributed by atoms with Gasteiger partial charge in [-0.25, -0.2) is 10.2 Å². The number of hydrogen-bond acceptors (Lipinski definition) is 6. The van der Waals surface area contributed by atoms with Gasteiger partial charge in [0.1, 0.15) is 5.60 Å². The molecule has 0 atom stereocenters. The van der Waals surface area contributed by atoms with Crippen LogP contribution in [0.15, 0.2) is 47.6 Å². The van der Waals surface area contributed by atoms with Gasteiger partial charge in [-0.3, -0.25) is 14.5 Å². The lowest BCUT2D eigenvalue weighted by atomic mass is 10.0. The van der Waals surface area contributed by atoms with E-state index in [0.29, 0.717) is 37.4 Å². The molecular weight excluding hydrogens is 472 g/mol. The fourth-order valence-corrected chi connectivity index (χ4v) is 4.61. The van der Waals surface area contributed by atoms with Crippen molar-refractivity contribution in [1.29, 1.82) is 0 Å². The molecular formula is C27H30N6O4. The molecule has 0 spiro atoms. The number of aromatic amines is 1. The predicted molar refractivity (Wildman–Crippen MR) is 142 cm³/mol. The molecule has 0 unspecified atom stereocenters. The van der Waals surface area contributed by atoms with Gasteiger partial charge in [0.15, 0.2) is 0 Å². The number of hydrogen-bond donors (Lipinski definition) is 3. The number of hydrazone groups is 1. The second-order valence-corrected chi connectivity index (χ2v) is 10.2. The third-order valence-electron chi connectivity index (χ3n) is 6.28. The van der Waals surface area contributed by atoms with Crippen LogP contribution in [0.4, 0.5) is 10.5 Å². The molecule has 2 aliphatic rings. The summed E-state index contributed by atoms with van der Waals surface area (Å²) in [7, 11) is 0. The van der Waals surface area contributed by atoms with Crippen molar-refractivity contribution >= 4 is 40.7 Å². The number of amides is 3. The summed E-state index contributed by atoms with van der Waals surface area (Å²) in [6.07, 6.45) is 1.31. The Kier molecular flexibility index (Phi) is 6.43. The molecule has 10 heteroatoms. The van der Waals surface area contributed by atoms with Gasteiger partial charge in [-0.1, -0.05) is 30.3 Å². The smallest absolute Gasteiger partial charge is 0.410 e. The molecule has 37 heavy (non-hydrogen) atoms. The number of ether oxygens (including phenoxy) is 1. The minimum Gasteiger partial charge on any atom is -0.444 e. The summed E-state index contributed by atoms with van der Waals surface area (Å²) in [5.74, 6) is -0.536. The van der Waals surface area contributed by atoms with Gasteiger partial charge < -0.3 is 19.9 Å². The molecule has 0 bridgehead atoms. The molecule has 0 aliphatic carbocycles. The fourth-order valence-electron chi connectivity index (χ4n) is 4.61. The van der Waals surface area contributed by atoms with Gasteiger partial charge >= 0.3 is 6.09 Å². The van der Waals surface area contributed by atoms with Crippen molar-refractivity contribution in [1.82, 2.24) is 20.2 Å². The zero-order chi connectivity index (χ0) is 26.2. The number of rotatable bonds is 4. The molecule has 2 aliphatic heterocycles. The first kappa shape index (κ1) is 24.5. The van der Waals surface area contributed by atoms with Crippen molar-refractivity contribution in [3.05, 3.63) is 53.6 Å². The molecule has 1 saturated heterocycles. The van der Waals surface area contributed by atoms with Crippen molar-refractivity contribution < 1.29 is 19.1 Å². The van der Waals surface area contributed by atoms with E-state index in [1.165, 1.54) is 0 Å². The van der Waals surface area contributed by atoms with Crippen LogP contribution in [0.2, 0.25) is 0 Å². The Morgan fingerprint density at radius 2 is 1.81 bits per heavy atom. The quantitative estimate of drug-likeness (QED) is 0.505. The summed E-state index contributed by atoms with van der Waals surface area (Å²) >= 11 is 0. The van der Waals surface area contributed by atoms with Gasteiger partial charge in [0.05, 0.1) is 24.0 Å². The summed E-state index contributed by atoms with van der Waals surface area (Å²) < 4.78 is 5.43. The van der Waals surface area contributed by atoms with Crippen LogP contribution in [0.3, 0.4) is 0 Å². The van der Waals surface area contributed by atoms with Crippen molar-refractivity contribution in [3.63, 3.8) is 0 Å². The normalized spacial score (nSPS) is 15.9. The molecule has 0 saturated carbocycles. The van der Waals surface area contributed by atoms with Crippen molar-refractivity contribution in [2.75, 3.05) is 38.0 Å². The highest BCUT2D eigenvalue weighted by Gasteiger charge is 2.27.